The van der Waals surface area contributed by atoms with Crippen molar-refractivity contribution in [2.24, 2.45) is 28.6 Å². The van der Waals surface area contributed by atoms with E-state index in [1.54, 1.807) is 0 Å². The summed E-state index contributed by atoms with van der Waals surface area (Å²) in [6.07, 6.45) is 13.7. The van der Waals surface area contributed by atoms with Crippen molar-refractivity contribution in [3.8, 4) is 0 Å². The standard InChI is InChI=1S/C25H42O3Si2/c1-24-14-13-22-20(21(24)10-11-23(24)28-30(5,6)7)9-8-18-16-19(26)12-15-25(18,22)17-27-29(2,3)4/h8,12,15,20-23H,9-11,13-14,16-17H2,1-7H3/t20-,21-,22-,23-,24-,25+/m0/s1. The normalized spacial score (nSPS) is 41.2. The third-order valence-corrected chi connectivity index (χ3v) is 10.4. The Bertz CT molecular complexity index is 759. The van der Waals surface area contributed by atoms with Crippen LogP contribution in [0.3, 0.4) is 0 Å². The summed E-state index contributed by atoms with van der Waals surface area (Å²) in [5.41, 5.74) is 1.60. The number of hydrogen-bond acceptors (Lipinski definition) is 3. The Morgan fingerprint density at radius 1 is 1.03 bits per heavy atom. The van der Waals surface area contributed by atoms with Gasteiger partial charge >= 0.3 is 0 Å². The number of carbonyl (C=O) groups excluding carboxylic acids is 1. The summed E-state index contributed by atoms with van der Waals surface area (Å²) in [5, 5.41) is 0. The van der Waals surface area contributed by atoms with E-state index < -0.39 is 16.6 Å². The Morgan fingerprint density at radius 2 is 1.77 bits per heavy atom. The van der Waals surface area contributed by atoms with E-state index in [2.05, 4.69) is 58.4 Å². The highest BCUT2D eigenvalue weighted by Gasteiger charge is 2.60. The van der Waals surface area contributed by atoms with Crippen molar-refractivity contribution >= 4 is 22.4 Å². The lowest BCUT2D eigenvalue weighted by Gasteiger charge is -2.57. The summed E-state index contributed by atoms with van der Waals surface area (Å²) in [5.74, 6) is 2.27. The summed E-state index contributed by atoms with van der Waals surface area (Å²) in [7, 11) is -3.19. The maximum Gasteiger partial charge on any atom is 0.184 e. The maximum absolute atomic E-state index is 12.3. The van der Waals surface area contributed by atoms with Crippen LogP contribution in [0.1, 0.15) is 45.4 Å². The Kier molecular flexibility index (Phi) is 5.70. The van der Waals surface area contributed by atoms with Gasteiger partial charge in [0.05, 0.1) is 6.10 Å². The molecule has 4 aliphatic carbocycles. The van der Waals surface area contributed by atoms with E-state index in [9.17, 15) is 4.79 Å². The molecule has 0 aromatic carbocycles. The molecule has 30 heavy (non-hydrogen) atoms. The average Bonchev–Trinajstić information content (AvgIpc) is 2.94. The molecular weight excluding hydrogens is 404 g/mol. The Hall–Kier alpha value is -0.496. The van der Waals surface area contributed by atoms with Crippen molar-refractivity contribution in [1.82, 2.24) is 0 Å². The number of fused-ring (bicyclic) bond motifs is 5. The predicted octanol–water partition coefficient (Wildman–Crippen LogP) is 6.35. The zero-order chi connectivity index (χ0) is 21.9. The van der Waals surface area contributed by atoms with Crippen molar-refractivity contribution in [3.63, 3.8) is 0 Å². The molecule has 4 aliphatic rings. The van der Waals surface area contributed by atoms with E-state index in [0.29, 0.717) is 29.8 Å². The monoisotopic (exact) mass is 446 g/mol. The molecule has 0 heterocycles. The summed E-state index contributed by atoms with van der Waals surface area (Å²) in [6.45, 7) is 17.1. The summed E-state index contributed by atoms with van der Waals surface area (Å²) >= 11 is 0. The lowest BCUT2D eigenvalue weighted by molar-refractivity contribution is -0.115. The first-order valence-electron chi connectivity index (χ1n) is 12.1. The van der Waals surface area contributed by atoms with E-state index >= 15 is 0 Å². The highest BCUT2D eigenvalue weighted by molar-refractivity contribution is 6.70. The topological polar surface area (TPSA) is 35.5 Å². The fourth-order valence-corrected chi connectivity index (χ4v) is 8.99. The molecule has 0 aliphatic heterocycles. The van der Waals surface area contributed by atoms with Gasteiger partial charge in [-0.25, -0.2) is 0 Å². The van der Waals surface area contributed by atoms with Crippen LogP contribution in [0, 0.1) is 28.6 Å². The van der Waals surface area contributed by atoms with Crippen molar-refractivity contribution in [2.45, 2.75) is 90.8 Å². The van der Waals surface area contributed by atoms with Crippen LogP contribution in [0.25, 0.3) is 0 Å². The molecule has 5 heteroatoms. The molecular formula is C25H42O3Si2. The lowest BCUT2D eigenvalue weighted by Crippen LogP contribution is -2.54. The SMILES string of the molecule is C[C@]12CC[C@H]3[C@@H](CC=C4CC(=O)C=C[C@@]43CO[Si](C)(C)C)[C@@H]1CC[C@@H]2O[Si](C)(C)C. The van der Waals surface area contributed by atoms with Crippen molar-refractivity contribution < 1.29 is 13.6 Å². The fraction of sp³-hybridized carbons (Fsp3) is 0.800. The number of hydrogen-bond donors (Lipinski definition) is 0. The second kappa shape index (κ2) is 7.53. The second-order valence-electron chi connectivity index (χ2n) is 12.6. The summed E-state index contributed by atoms with van der Waals surface area (Å²) < 4.78 is 13.3. The minimum atomic E-state index is -1.64. The summed E-state index contributed by atoms with van der Waals surface area (Å²) in [6, 6.07) is 0. The third-order valence-electron chi connectivity index (χ3n) is 8.42. The fourth-order valence-electron chi connectivity index (χ4n) is 7.07. The molecule has 0 radical (unpaired) electrons. The van der Waals surface area contributed by atoms with E-state index in [1.165, 1.54) is 31.3 Å². The minimum Gasteiger partial charge on any atom is -0.416 e. The zero-order valence-electron chi connectivity index (χ0n) is 20.2. The molecule has 0 spiro atoms. The van der Waals surface area contributed by atoms with Gasteiger partial charge in [-0.3, -0.25) is 4.79 Å². The quantitative estimate of drug-likeness (QED) is 0.365. The van der Waals surface area contributed by atoms with Crippen LogP contribution in [-0.2, 0) is 13.6 Å². The molecule has 0 aromatic heterocycles. The van der Waals surface area contributed by atoms with Gasteiger partial charge in [-0.2, -0.15) is 0 Å². The second-order valence-corrected chi connectivity index (χ2v) is 21.6. The van der Waals surface area contributed by atoms with Gasteiger partial charge in [-0.15, -0.1) is 0 Å². The predicted molar refractivity (Wildman–Crippen MR) is 128 cm³/mol. The maximum atomic E-state index is 12.3. The van der Waals surface area contributed by atoms with Gasteiger partial charge in [0.2, 0.25) is 0 Å². The van der Waals surface area contributed by atoms with Gasteiger partial charge < -0.3 is 8.85 Å². The Balaban J connectivity index is 1.65. The van der Waals surface area contributed by atoms with E-state index in [4.69, 9.17) is 8.85 Å². The smallest absolute Gasteiger partial charge is 0.184 e. The molecule has 0 N–H and O–H groups in total. The van der Waals surface area contributed by atoms with Gasteiger partial charge in [0.15, 0.2) is 22.4 Å². The molecule has 3 nitrogen and oxygen atoms in total. The number of carbonyl (C=O) groups is 1. The number of rotatable bonds is 5. The molecule has 2 saturated carbocycles. The molecule has 0 aromatic rings. The summed E-state index contributed by atoms with van der Waals surface area (Å²) in [4.78, 5) is 12.3. The molecule has 0 amide bonds. The lowest BCUT2D eigenvalue weighted by atomic mass is 9.49. The third kappa shape index (κ3) is 4.00. The molecule has 0 bridgehead atoms. The van der Waals surface area contributed by atoms with Crippen LogP contribution in [0.4, 0.5) is 0 Å². The van der Waals surface area contributed by atoms with Crippen molar-refractivity contribution in [2.75, 3.05) is 6.61 Å². The Labute approximate surface area is 185 Å². The molecule has 2 fully saturated rings. The van der Waals surface area contributed by atoms with Gasteiger partial charge in [0.1, 0.15) is 0 Å². The highest BCUT2D eigenvalue weighted by Crippen LogP contribution is 2.64. The van der Waals surface area contributed by atoms with Gasteiger partial charge in [0, 0.05) is 18.4 Å². The molecule has 168 valence electrons. The van der Waals surface area contributed by atoms with E-state index in [0.717, 1.165) is 18.9 Å². The van der Waals surface area contributed by atoms with Crippen LogP contribution in [0.5, 0.6) is 0 Å². The molecule has 4 rings (SSSR count). The first kappa shape index (κ1) is 22.7. The highest BCUT2D eigenvalue weighted by atomic mass is 28.4. The first-order valence-corrected chi connectivity index (χ1v) is 18.9. The largest absolute Gasteiger partial charge is 0.416 e. The number of ketones is 1. The van der Waals surface area contributed by atoms with Crippen molar-refractivity contribution in [1.29, 1.82) is 0 Å². The van der Waals surface area contributed by atoms with E-state index in [1.807, 2.05) is 6.08 Å². The van der Waals surface area contributed by atoms with Crippen LogP contribution in [0.2, 0.25) is 39.3 Å². The van der Waals surface area contributed by atoms with Gasteiger partial charge in [-0.1, -0.05) is 24.6 Å². The first-order chi connectivity index (χ1) is 13.8. The van der Waals surface area contributed by atoms with Crippen LogP contribution in [-0.4, -0.2) is 35.1 Å². The van der Waals surface area contributed by atoms with Crippen LogP contribution in [0.15, 0.2) is 23.8 Å². The van der Waals surface area contributed by atoms with Crippen molar-refractivity contribution in [3.05, 3.63) is 23.8 Å². The van der Waals surface area contributed by atoms with E-state index in [-0.39, 0.29) is 11.2 Å². The number of allylic oxidation sites excluding steroid dienone is 2. The zero-order valence-corrected chi connectivity index (χ0v) is 22.2. The van der Waals surface area contributed by atoms with Crippen LogP contribution >= 0.6 is 0 Å². The van der Waals surface area contributed by atoms with Gasteiger partial charge in [-0.05, 0) is 101 Å². The molecule has 0 saturated heterocycles. The van der Waals surface area contributed by atoms with Gasteiger partial charge in [0.25, 0.3) is 0 Å². The Morgan fingerprint density at radius 3 is 2.43 bits per heavy atom. The molecule has 0 unspecified atom stereocenters. The molecule has 6 atom stereocenters. The van der Waals surface area contributed by atoms with Crippen LogP contribution < -0.4 is 0 Å². The minimum absolute atomic E-state index is 0.0594. The average molecular weight is 447 g/mol.